The minimum atomic E-state index is -1.09. The van der Waals surface area contributed by atoms with Crippen LogP contribution in [0.1, 0.15) is 5.56 Å². The van der Waals surface area contributed by atoms with Crippen molar-refractivity contribution < 1.29 is 27.8 Å². The summed E-state index contributed by atoms with van der Waals surface area (Å²) in [7, 11) is 2.92. The minimum Gasteiger partial charge on any atom is -0.497 e. The Kier molecular flexibility index (Phi) is 5.59. The normalized spacial score (nSPS) is 13.6. The maximum absolute atomic E-state index is 13.8. The van der Waals surface area contributed by atoms with Gasteiger partial charge in [-0.05, 0) is 30.3 Å². The monoisotopic (exact) mass is 436 g/mol. The number of rotatable bonds is 6. The number of carbonyl (C=O) groups is 2. The Morgan fingerprint density at radius 3 is 2.31 bits per heavy atom. The number of hydrogen-bond acceptors (Lipinski definition) is 5. The zero-order chi connectivity index (χ0) is 22.8. The summed E-state index contributed by atoms with van der Waals surface area (Å²) in [6.07, 6.45) is 0. The number of ether oxygens (including phenoxy) is 2. The Balaban J connectivity index is 1.86. The third-order valence-corrected chi connectivity index (χ3v) is 4.96. The molecule has 3 aromatic rings. The molecule has 3 aromatic carbocycles. The Bertz CT molecular complexity index is 1260. The number of nitrogens with one attached hydrogen (secondary N) is 1. The number of benzene rings is 3. The minimum absolute atomic E-state index is 0.0417. The third kappa shape index (κ3) is 3.66. The number of imide groups is 1. The predicted molar refractivity (Wildman–Crippen MR) is 115 cm³/mol. The summed E-state index contributed by atoms with van der Waals surface area (Å²) in [4.78, 5) is 27.9. The average molecular weight is 436 g/mol. The summed E-state index contributed by atoms with van der Waals surface area (Å²) in [5, 5.41) is 2.79. The lowest BCUT2D eigenvalue weighted by atomic mass is 10.0. The first-order valence-corrected chi connectivity index (χ1v) is 9.57. The fourth-order valence-electron chi connectivity index (χ4n) is 3.45. The van der Waals surface area contributed by atoms with Crippen molar-refractivity contribution in [2.45, 2.75) is 0 Å². The number of methoxy groups -OCH3 is 2. The van der Waals surface area contributed by atoms with E-state index in [9.17, 15) is 18.4 Å². The summed E-state index contributed by atoms with van der Waals surface area (Å²) >= 11 is 0. The van der Waals surface area contributed by atoms with Crippen molar-refractivity contribution >= 4 is 28.8 Å². The van der Waals surface area contributed by atoms with Crippen LogP contribution in [0.5, 0.6) is 11.5 Å². The van der Waals surface area contributed by atoms with E-state index in [2.05, 4.69) is 5.32 Å². The molecule has 0 fully saturated rings. The van der Waals surface area contributed by atoms with Crippen LogP contribution in [0.3, 0.4) is 0 Å². The number of anilines is 2. The first-order chi connectivity index (χ1) is 15.4. The summed E-state index contributed by atoms with van der Waals surface area (Å²) in [5.41, 5.74) is 0.742. The van der Waals surface area contributed by atoms with Gasteiger partial charge in [-0.15, -0.1) is 0 Å². The van der Waals surface area contributed by atoms with Crippen molar-refractivity contribution in [3.05, 3.63) is 89.6 Å². The second-order valence-corrected chi connectivity index (χ2v) is 6.85. The fraction of sp³-hybridized carbons (Fsp3) is 0.0833. The standard InChI is InChI=1S/C24H18F2N2O4/c1-31-16-7-5-6-15(13-16)28-23(29)21(17-8-3-4-9-20(17)32-2)22(24(28)30)27-14-10-11-18(25)19(26)12-14/h3-13,27H,1-2H3. The first kappa shape index (κ1) is 21.0. The third-order valence-electron chi connectivity index (χ3n) is 4.96. The summed E-state index contributed by atoms with van der Waals surface area (Å²) in [6.45, 7) is 0. The van der Waals surface area contributed by atoms with Gasteiger partial charge in [0.1, 0.15) is 17.2 Å². The summed E-state index contributed by atoms with van der Waals surface area (Å²) in [5.74, 6) is -2.53. The van der Waals surface area contributed by atoms with Gasteiger partial charge in [0.25, 0.3) is 11.8 Å². The number of halogens is 2. The van der Waals surface area contributed by atoms with Gasteiger partial charge in [0.2, 0.25) is 0 Å². The van der Waals surface area contributed by atoms with E-state index < -0.39 is 23.4 Å². The average Bonchev–Trinajstić information content (AvgIpc) is 3.05. The fourth-order valence-corrected chi connectivity index (χ4v) is 3.45. The van der Waals surface area contributed by atoms with Crippen molar-refractivity contribution in [2.24, 2.45) is 0 Å². The van der Waals surface area contributed by atoms with Crippen LogP contribution in [-0.4, -0.2) is 26.0 Å². The quantitative estimate of drug-likeness (QED) is 0.581. The molecule has 0 aromatic heterocycles. The second kappa shape index (κ2) is 8.50. The van der Waals surface area contributed by atoms with Crippen molar-refractivity contribution in [3.8, 4) is 11.5 Å². The van der Waals surface area contributed by atoms with E-state index in [-0.39, 0.29) is 17.0 Å². The van der Waals surface area contributed by atoms with Crippen molar-refractivity contribution in [1.82, 2.24) is 0 Å². The molecule has 0 unspecified atom stereocenters. The van der Waals surface area contributed by atoms with E-state index in [4.69, 9.17) is 9.47 Å². The molecular weight excluding hydrogens is 418 g/mol. The molecule has 0 saturated heterocycles. The Hall–Kier alpha value is -4.20. The molecule has 4 rings (SSSR count). The maximum atomic E-state index is 13.8. The largest absolute Gasteiger partial charge is 0.497 e. The van der Waals surface area contributed by atoms with Gasteiger partial charge in [0, 0.05) is 23.4 Å². The molecule has 32 heavy (non-hydrogen) atoms. The van der Waals surface area contributed by atoms with Crippen LogP contribution in [0.4, 0.5) is 20.2 Å². The number of nitrogens with zero attached hydrogens (tertiary/aromatic N) is 1. The van der Waals surface area contributed by atoms with Crippen LogP contribution in [0, 0.1) is 11.6 Å². The molecule has 1 heterocycles. The maximum Gasteiger partial charge on any atom is 0.282 e. The van der Waals surface area contributed by atoms with Crippen molar-refractivity contribution in [3.63, 3.8) is 0 Å². The number of amides is 2. The molecule has 2 amide bonds. The molecule has 0 saturated carbocycles. The van der Waals surface area contributed by atoms with Crippen LogP contribution in [0.25, 0.3) is 5.57 Å². The molecule has 0 spiro atoms. The highest BCUT2D eigenvalue weighted by Crippen LogP contribution is 2.38. The lowest BCUT2D eigenvalue weighted by molar-refractivity contribution is -0.120. The van der Waals surface area contributed by atoms with Gasteiger partial charge >= 0.3 is 0 Å². The van der Waals surface area contributed by atoms with E-state index in [1.807, 2.05) is 0 Å². The summed E-state index contributed by atoms with van der Waals surface area (Å²) in [6, 6.07) is 16.3. The van der Waals surface area contributed by atoms with Crippen LogP contribution in [0.2, 0.25) is 0 Å². The van der Waals surface area contributed by atoms with Gasteiger partial charge in [-0.2, -0.15) is 0 Å². The van der Waals surface area contributed by atoms with Gasteiger partial charge in [-0.25, -0.2) is 13.7 Å². The lowest BCUT2D eigenvalue weighted by Crippen LogP contribution is -2.32. The number of para-hydroxylation sites is 1. The Morgan fingerprint density at radius 2 is 1.59 bits per heavy atom. The van der Waals surface area contributed by atoms with Gasteiger partial charge < -0.3 is 14.8 Å². The van der Waals surface area contributed by atoms with E-state index in [1.165, 1.54) is 20.3 Å². The highest BCUT2D eigenvalue weighted by Gasteiger charge is 2.41. The Labute approximate surface area is 182 Å². The molecule has 0 atom stereocenters. The zero-order valence-electron chi connectivity index (χ0n) is 17.2. The van der Waals surface area contributed by atoms with Gasteiger partial charge in [-0.3, -0.25) is 9.59 Å². The Morgan fingerprint density at radius 1 is 0.812 bits per heavy atom. The lowest BCUT2D eigenvalue weighted by Gasteiger charge is -2.16. The van der Waals surface area contributed by atoms with Gasteiger partial charge in [-0.1, -0.05) is 24.3 Å². The molecule has 1 aliphatic heterocycles. The van der Waals surface area contributed by atoms with Crippen LogP contribution < -0.4 is 19.7 Å². The van der Waals surface area contributed by atoms with Crippen LogP contribution >= 0.6 is 0 Å². The topological polar surface area (TPSA) is 67.9 Å². The van der Waals surface area contributed by atoms with E-state index >= 15 is 0 Å². The number of hydrogen-bond donors (Lipinski definition) is 1. The van der Waals surface area contributed by atoms with E-state index in [0.29, 0.717) is 22.7 Å². The number of carbonyl (C=O) groups excluding carboxylic acids is 2. The van der Waals surface area contributed by atoms with Gasteiger partial charge in [0.05, 0.1) is 25.5 Å². The molecule has 6 nitrogen and oxygen atoms in total. The molecule has 1 N–H and O–H groups in total. The molecule has 162 valence electrons. The molecular formula is C24H18F2N2O4. The molecule has 0 radical (unpaired) electrons. The highest BCUT2D eigenvalue weighted by atomic mass is 19.2. The van der Waals surface area contributed by atoms with Crippen molar-refractivity contribution in [2.75, 3.05) is 24.4 Å². The SMILES string of the molecule is COc1cccc(N2C(=O)C(Nc3ccc(F)c(F)c3)=C(c3ccccc3OC)C2=O)c1. The van der Waals surface area contributed by atoms with Gasteiger partial charge in [0.15, 0.2) is 11.6 Å². The molecule has 1 aliphatic rings. The highest BCUT2D eigenvalue weighted by molar-refractivity contribution is 6.46. The molecule has 0 aliphatic carbocycles. The summed E-state index contributed by atoms with van der Waals surface area (Å²) < 4.78 is 37.7. The van der Waals surface area contributed by atoms with Crippen LogP contribution in [0.15, 0.2) is 72.4 Å². The van der Waals surface area contributed by atoms with E-state index in [0.717, 1.165) is 17.0 Å². The van der Waals surface area contributed by atoms with E-state index in [1.54, 1.807) is 48.5 Å². The predicted octanol–water partition coefficient (Wildman–Crippen LogP) is 4.38. The zero-order valence-corrected chi connectivity index (χ0v) is 17.2. The molecule has 8 heteroatoms. The molecule has 0 bridgehead atoms. The van der Waals surface area contributed by atoms with Crippen LogP contribution in [-0.2, 0) is 9.59 Å². The first-order valence-electron chi connectivity index (χ1n) is 9.57. The second-order valence-electron chi connectivity index (χ2n) is 6.85. The smallest absolute Gasteiger partial charge is 0.282 e. The van der Waals surface area contributed by atoms with Crippen molar-refractivity contribution in [1.29, 1.82) is 0 Å².